The minimum absolute atomic E-state index is 0.0615. The summed E-state index contributed by atoms with van der Waals surface area (Å²) in [5, 5.41) is 3.13. The molecule has 1 rings (SSSR count). The summed E-state index contributed by atoms with van der Waals surface area (Å²) in [6.45, 7) is 5.57. The fraction of sp³-hybridized carbons (Fsp3) is 0.562. The largest absolute Gasteiger partial charge is 0.352 e. The number of hydrogen-bond donors (Lipinski definition) is 2. The van der Waals surface area contributed by atoms with Crippen LogP contribution in [0.15, 0.2) is 24.3 Å². The molecule has 4 nitrogen and oxygen atoms in total. The zero-order chi connectivity index (χ0) is 15.1. The van der Waals surface area contributed by atoms with E-state index in [1.54, 1.807) is 0 Å². The molecule has 1 atom stereocenters. The number of likely N-dealkylation sites (N-methyl/N-ethyl adjacent to an activating group) is 1. The number of nitrogens with zero attached hydrogens (tertiary/aromatic N) is 1. The molecule has 0 aromatic heterocycles. The quantitative estimate of drug-likeness (QED) is 0.792. The van der Waals surface area contributed by atoms with Crippen LogP contribution in [0.4, 0.5) is 0 Å². The Balaban J connectivity index is 2.65. The van der Waals surface area contributed by atoms with Crippen LogP contribution < -0.4 is 11.1 Å². The molecule has 1 amide bonds. The van der Waals surface area contributed by atoms with Gasteiger partial charge in [-0.05, 0) is 31.1 Å². The van der Waals surface area contributed by atoms with Gasteiger partial charge in [-0.25, -0.2) is 0 Å². The van der Waals surface area contributed by atoms with Crippen molar-refractivity contribution in [2.75, 3.05) is 20.6 Å². The van der Waals surface area contributed by atoms with Crippen LogP contribution in [0.2, 0.25) is 0 Å². The molecule has 0 aliphatic heterocycles. The predicted octanol–water partition coefficient (Wildman–Crippen LogP) is 1.39. The maximum atomic E-state index is 12.2. The van der Waals surface area contributed by atoms with Crippen LogP contribution in [0.1, 0.15) is 25.0 Å². The highest BCUT2D eigenvalue weighted by molar-refractivity contribution is 5.79. The lowest BCUT2D eigenvalue weighted by Crippen LogP contribution is -2.45. The van der Waals surface area contributed by atoms with E-state index in [1.807, 2.05) is 38.4 Å². The molecule has 0 heterocycles. The first-order chi connectivity index (χ1) is 9.43. The zero-order valence-corrected chi connectivity index (χ0v) is 13.0. The van der Waals surface area contributed by atoms with Crippen LogP contribution in [0.3, 0.4) is 0 Å². The van der Waals surface area contributed by atoms with Crippen molar-refractivity contribution in [3.05, 3.63) is 35.4 Å². The topological polar surface area (TPSA) is 58.4 Å². The normalized spacial score (nSPS) is 12.8. The summed E-state index contributed by atoms with van der Waals surface area (Å²) in [4.78, 5) is 14.3. The van der Waals surface area contributed by atoms with Gasteiger partial charge in [0.15, 0.2) is 0 Å². The van der Waals surface area contributed by atoms with Crippen molar-refractivity contribution in [1.29, 1.82) is 0 Å². The Hall–Kier alpha value is -1.39. The summed E-state index contributed by atoms with van der Waals surface area (Å²) in [7, 11) is 4.04. The molecule has 1 aromatic rings. The number of nitrogens with two attached hydrogens (primary N) is 1. The van der Waals surface area contributed by atoms with Gasteiger partial charge in [-0.2, -0.15) is 0 Å². The molecule has 0 aliphatic carbocycles. The molecule has 4 heteroatoms. The van der Waals surface area contributed by atoms with Crippen LogP contribution in [0, 0.1) is 5.92 Å². The lowest BCUT2D eigenvalue weighted by Gasteiger charge is -2.25. The molecule has 3 N–H and O–H groups in total. The lowest BCUT2D eigenvalue weighted by atomic mass is 10.0. The van der Waals surface area contributed by atoms with Crippen LogP contribution in [0.5, 0.6) is 0 Å². The van der Waals surface area contributed by atoms with E-state index in [0.717, 1.165) is 17.7 Å². The van der Waals surface area contributed by atoms with Gasteiger partial charge in [0.25, 0.3) is 0 Å². The van der Waals surface area contributed by atoms with Gasteiger partial charge in [-0.1, -0.05) is 38.1 Å². The summed E-state index contributed by atoms with van der Waals surface area (Å²) in [5.74, 6) is 0.470. The Labute approximate surface area is 122 Å². The van der Waals surface area contributed by atoms with Crippen molar-refractivity contribution < 1.29 is 4.79 Å². The number of hydrogen-bond acceptors (Lipinski definition) is 3. The monoisotopic (exact) mass is 277 g/mol. The standard InChI is InChI=1S/C16H27N3O/c1-12(2)15(11-19(3)4)18-16(20)9-13-7-5-6-8-14(13)10-17/h5-8,12,15H,9-11,17H2,1-4H3,(H,18,20). The van der Waals surface area contributed by atoms with E-state index in [-0.39, 0.29) is 11.9 Å². The van der Waals surface area contributed by atoms with E-state index in [0.29, 0.717) is 18.9 Å². The molecule has 0 fully saturated rings. The van der Waals surface area contributed by atoms with Crippen LogP contribution >= 0.6 is 0 Å². The summed E-state index contributed by atoms with van der Waals surface area (Å²) >= 11 is 0. The summed E-state index contributed by atoms with van der Waals surface area (Å²) in [6, 6.07) is 8.01. The molecule has 0 bridgehead atoms. The third kappa shape index (κ3) is 5.31. The molecule has 0 saturated heterocycles. The molecule has 0 radical (unpaired) electrons. The minimum Gasteiger partial charge on any atom is -0.352 e. The highest BCUT2D eigenvalue weighted by atomic mass is 16.1. The number of amides is 1. The van der Waals surface area contributed by atoms with Gasteiger partial charge < -0.3 is 16.0 Å². The highest BCUT2D eigenvalue weighted by Gasteiger charge is 2.17. The van der Waals surface area contributed by atoms with Gasteiger partial charge in [-0.3, -0.25) is 4.79 Å². The number of carbonyl (C=O) groups excluding carboxylic acids is 1. The smallest absolute Gasteiger partial charge is 0.224 e. The molecule has 20 heavy (non-hydrogen) atoms. The predicted molar refractivity (Wildman–Crippen MR) is 83.4 cm³/mol. The van der Waals surface area contributed by atoms with Crippen molar-refractivity contribution in [1.82, 2.24) is 10.2 Å². The second kappa shape index (κ2) is 8.02. The second-order valence-electron chi connectivity index (χ2n) is 5.83. The molecular weight excluding hydrogens is 250 g/mol. The summed E-state index contributed by atoms with van der Waals surface area (Å²) in [6.07, 6.45) is 0.393. The van der Waals surface area contributed by atoms with Gasteiger partial charge >= 0.3 is 0 Å². The third-order valence-electron chi connectivity index (χ3n) is 3.40. The SMILES string of the molecule is CC(C)C(CN(C)C)NC(=O)Cc1ccccc1CN. The average Bonchev–Trinajstić information content (AvgIpc) is 2.37. The van der Waals surface area contributed by atoms with Crippen LogP contribution in [-0.2, 0) is 17.8 Å². The number of nitrogens with one attached hydrogen (secondary N) is 1. The Morgan fingerprint density at radius 2 is 1.85 bits per heavy atom. The molecule has 0 saturated carbocycles. The maximum absolute atomic E-state index is 12.2. The minimum atomic E-state index is 0.0615. The first-order valence-corrected chi connectivity index (χ1v) is 7.15. The second-order valence-corrected chi connectivity index (χ2v) is 5.83. The molecule has 112 valence electrons. The van der Waals surface area contributed by atoms with E-state index in [2.05, 4.69) is 24.1 Å². The van der Waals surface area contributed by atoms with E-state index in [1.165, 1.54) is 0 Å². The van der Waals surface area contributed by atoms with Gasteiger partial charge in [-0.15, -0.1) is 0 Å². The Morgan fingerprint density at radius 1 is 1.25 bits per heavy atom. The van der Waals surface area contributed by atoms with Crippen molar-refractivity contribution in [3.8, 4) is 0 Å². The number of benzene rings is 1. The van der Waals surface area contributed by atoms with E-state index in [4.69, 9.17) is 5.73 Å². The van der Waals surface area contributed by atoms with Crippen molar-refractivity contribution in [2.24, 2.45) is 11.7 Å². The number of carbonyl (C=O) groups is 1. The van der Waals surface area contributed by atoms with Crippen molar-refractivity contribution >= 4 is 5.91 Å². The molecule has 0 spiro atoms. The Morgan fingerprint density at radius 3 is 2.35 bits per heavy atom. The first kappa shape index (κ1) is 16.7. The lowest BCUT2D eigenvalue weighted by molar-refractivity contribution is -0.121. The third-order valence-corrected chi connectivity index (χ3v) is 3.40. The molecular formula is C16H27N3O. The fourth-order valence-electron chi connectivity index (χ4n) is 2.18. The van der Waals surface area contributed by atoms with E-state index >= 15 is 0 Å². The zero-order valence-electron chi connectivity index (χ0n) is 13.0. The van der Waals surface area contributed by atoms with Crippen LogP contribution in [-0.4, -0.2) is 37.5 Å². The van der Waals surface area contributed by atoms with Gasteiger partial charge in [0, 0.05) is 19.1 Å². The fourth-order valence-corrected chi connectivity index (χ4v) is 2.18. The molecule has 1 unspecified atom stereocenters. The maximum Gasteiger partial charge on any atom is 0.224 e. The van der Waals surface area contributed by atoms with Gasteiger partial charge in [0.05, 0.1) is 6.42 Å². The molecule has 1 aromatic carbocycles. The summed E-state index contributed by atoms with van der Waals surface area (Å²) < 4.78 is 0. The van der Waals surface area contributed by atoms with Crippen LogP contribution in [0.25, 0.3) is 0 Å². The summed E-state index contributed by atoms with van der Waals surface area (Å²) in [5.41, 5.74) is 7.76. The highest BCUT2D eigenvalue weighted by Crippen LogP contribution is 2.09. The average molecular weight is 277 g/mol. The van der Waals surface area contributed by atoms with E-state index in [9.17, 15) is 4.79 Å². The molecule has 0 aliphatic rings. The van der Waals surface area contributed by atoms with Crippen molar-refractivity contribution in [2.45, 2.75) is 32.9 Å². The van der Waals surface area contributed by atoms with Gasteiger partial charge in [0.2, 0.25) is 5.91 Å². The Bertz CT molecular complexity index is 429. The van der Waals surface area contributed by atoms with Gasteiger partial charge in [0.1, 0.15) is 0 Å². The first-order valence-electron chi connectivity index (χ1n) is 7.15. The Kier molecular flexibility index (Phi) is 6.68. The van der Waals surface area contributed by atoms with Crippen molar-refractivity contribution in [3.63, 3.8) is 0 Å². The van der Waals surface area contributed by atoms with E-state index < -0.39 is 0 Å². The number of rotatable bonds is 7.